The zero-order valence-electron chi connectivity index (χ0n) is 18.3. The van der Waals surface area contributed by atoms with Gasteiger partial charge in [0.2, 0.25) is 5.78 Å². The normalized spacial score (nSPS) is 22.3. The first-order valence-electron chi connectivity index (χ1n) is 10.6. The van der Waals surface area contributed by atoms with Crippen molar-refractivity contribution in [2.45, 2.75) is 31.2 Å². The number of nitrogens with one attached hydrogen (secondary N) is 2. The molecule has 0 aliphatic heterocycles. The molecule has 0 spiro atoms. The smallest absolute Gasteiger partial charge is 0.274 e. The Bertz CT molecular complexity index is 1320. The molecule has 12 nitrogen and oxygen atoms in total. The average molecular weight is 522 g/mol. The minimum absolute atomic E-state index is 0.133. The van der Waals surface area contributed by atoms with Crippen LogP contribution >= 0.6 is 11.6 Å². The molecule has 4 rings (SSSR count). The van der Waals surface area contributed by atoms with Crippen molar-refractivity contribution in [3.8, 4) is 0 Å². The highest BCUT2D eigenvalue weighted by molar-refractivity contribution is 7.87. The summed E-state index contributed by atoms with van der Waals surface area (Å²) in [5.74, 6) is -0.867. The lowest BCUT2D eigenvalue weighted by atomic mass is 10.1. The van der Waals surface area contributed by atoms with Gasteiger partial charge in [-0.3, -0.25) is 9.48 Å². The third kappa shape index (κ3) is 6.20. The second-order valence-corrected chi connectivity index (χ2v) is 10.1. The van der Waals surface area contributed by atoms with Gasteiger partial charge in [-0.15, -0.1) is 0 Å². The summed E-state index contributed by atoms with van der Waals surface area (Å²) in [4.78, 5) is 21.2. The van der Waals surface area contributed by atoms with Gasteiger partial charge < -0.3 is 15.5 Å². The first-order chi connectivity index (χ1) is 16.6. The van der Waals surface area contributed by atoms with Gasteiger partial charge in [0, 0.05) is 29.9 Å². The van der Waals surface area contributed by atoms with Crippen LogP contribution in [0.15, 0.2) is 49.1 Å². The average Bonchev–Trinajstić information content (AvgIpc) is 3.37. The number of hydrogen-bond acceptors (Lipinski definition) is 9. The summed E-state index contributed by atoms with van der Waals surface area (Å²) in [5.41, 5.74) is 1.23. The molecule has 0 radical (unpaired) electrons. The molecule has 1 fully saturated rings. The van der Waals surface area contributed by atoms with E-state index in [-0.39, 0.29) is 30.0 Å². The maximum atomic E-state index is 13.2. The van der Waals surface area contributed by atoms with Gasteiger partial charge in [0.1, 0.15) is 23.9 Å². The third-order valence-corrected chi connectivity index (χ3v) is 6.54. The molecular weight excluding hydrogens is 498 g/mol. The van der Waals surface area contributed by atoms with Gasteiger partial charge in [-0.25, -0.2) is 19.8 Å². The number of anilines is 1. The van der Waals surface area contributed by atoms with Crippen LogP contribution in [0, 0.1) is 5.92 Å². The number of aliphatic hydroxyl groups excluding tert-OH is 2. The van der Waals surface area contributed by atoms with Crippen LogP contribution in [0.4, 0.5) is 5.82 Å². The van der Waals surface area contributed by atoms with E-state index in [1.807, 2.05) is 18.2 Å². The summed E-state index contributed by atoms with van der Waals surface area (Å²) in [6.07, 6.45) is 2.03. The van der Waals surface area contributed by atoms with Crippen molar-refractivity contribution in [3.63, 3.8) is 0 Å². The van der Waals surface area contributed by atoms with Gasteiger partial charge in [0.15, 0.2) is 0 Å². The van der Waals surface area contributed by atoms with Crippen molar-refractivity contribution in [2.24, 2.45) is 11.1 Å². The first-order valence-corrected chi connectivity index (χ1v) is 12.6. The molecule has 1 saturated carbocycles. The number of ketones is 1. The number of nitrogens with two attached hydrogens (primary N) is 1. The molecule has 4 atom stereocenters. The molecule has 2 aromatic heterocycles. The molecule has 0 amide bonds. The van der Waals surface area contributed by atoms with Gasteiger partial charge in [-0.2, -0.15) is 13.5 Å². The van der Waals surface area contributed by atoms with Crippen molar-refractivity contribution < 1.29 is 23.4 Å². The van der Waals surface area contributed by atoms with E-state index in [1.54, 1.807) is 23.0 Å². The molecule has 1 aliphatic carbocycles. The Morgan fingerprint density at radius 1 is 1.26 bits per heavy atom. The van der Waals surface area contributed by atoms with Crippen LogP contribution in [-0.2, 0) is 16.8 Å². The Morgan fingerprint density at radius 3 is 2.80 bits per heavy atom. The van der Waals surface area contributed by atoms with E-state index < -0.39 is 40.2 Å². The van der Waals surface area contributed by atoms with Gasteiger partial charge in [-0.1, -0.05) is 23.7 Å². The van der Waals surface area contributed by atoms with Crippen molar-refractivity contribution in [1.29, 1.82) is 0 Å². The molecule has 0 saturated heterocycles. The summed E-state index contributed by atoms with van der Waals surface area (Å²) < 4.78 is 26.1. The lowest BCUT2D eigenvalue weighted by Crippen LogP contribution is -2.39. The minimum atomic E-state index is -3.94. The summed E-state index contributed by atoms with van der Waals surface area (Å²) in [6.45, 7) is 0.277. The second-order valence-electron chi connectivity index (χ2n) is 8.26. The fraction of sp³-hybridized carbons (Fsp3) is 0.333. The summed E-state index contributed by atoms with van der Waals surface area (Å²) >= 11 is 6.03. The molecule has 6 N–H and O–H groups in total. The van der Waals surface area contributed by atoms with Gasteiger partial charge >= 0.3 is 0 Å². The quantitative estimate of drug-likeness (QED) is 0.240. The molecule has 186 valence electrons. The van der Waals surface area contributed by atoms with E-state index in [2.05, 4.69) is 25.1 Å². The van der Waals surface area contributed by atoms with E-state index in [9.17, 15) is 23.4 Å². The minimum Gasteiger partial charge on any atom is -0.390 e. The zero-order chi connectivity index (χ0) is 25.2. The maximum absolute atomic E-state index is 13.2. The van der Waals surface area contributed by atoms with Crippen LogP contribution in [0.2, 0.25) is 5.02 Å². The van der Waals surface area contributed by atoms with Crippen LogP contribution in [0.5, 0.6) is 0 Å². The first kappa shape index (κ1) is 25.2. The Morgan fingerprint density at radius 2 is 2.06 bits per heavy atom. The Balaban J connectivity index is 1.47. The van der Waals surface area contributed by atoms with Crippen LogP contribution in [0.3, 0.4) is 0 Å². The monoisotopic (exact) mass is 521 g/mol. The highest BCUT2D eigenvalue weighted by Crippen LogP contribution is 2.29. The molecular formula is C21H24ClN7O5S. The fourth-order valence-electron chi connectivity index (χ4n) is 4.01. The van der Waals surface area contributed by atoms with E-state index in [1.165, 1.54) is 12.5 Å². The van der Waals surface area contributed by atoms with Crippen LogP contribution < -0.4 is 15.2 Å². The molecule has 1 aliphatic rings. The number of halogens is 1. The van der Waals surface area contributed by atoms with E-state index >= 15 is 0 Å². The van der Waals surface area contributed by atoms with Crippen LogP contribution in [0.25, 0.3) is 0 Å². The third-order valence-electron chi connectivity index (χ3n) is 5.73. The number of aromatic nitrogens is 4. The number of benzene rings is 1. The lowest BCUT2D eigenvalue weighted by molar-refractivity contribution is 0.0185. The lowest BCUT2D eigenvalue weighted by Gasteiger charge is -2.19. The van der Waals surface area contributed by atoms with Gasteiger partial charge in [0.05, 0.1) is 24.3 Å². The molecule has 1 aromatic carbocycles. The van der Waals surface area contributed by atoms with E-state index in [0.717, 1.165) is 5.56 Å². The molecule has 3 aromatic rings. The van der Waals surface area contributed by atoms with E-state index in [4.69, 9.17) is 16.7 Å². The van der Waals surface area contributed by atoms with Crippen molar-refractivity contribution in [2.75, 3.05) is 11.9 Å². The van der Waals surface area contributed by atoms with Gasteiger partial charge in [-0.05, 0) is 30.2 Å². The summed E-state index contributed by atoms with van der Waals surface area (Å²) in [7, 11) is -3.94. The summed E-state index contributed by atoms with van der Waals surface area (Å²) in [6, 6.07) is 8.19. The number of nitrogens with zero attached hydrogens (tertiary/aromatic N) is 4. The topological polar surface area (TPSA) is 185 Å². The van der Waals surface area contributed by atoms with E-state index in [0.29, 0.717) is 11.6 Å². The number of carbonyl (C=O) groups excluding carboxylic acids is 1. The SMILES string of the molecule is NS(=O)(=O)NC[C@H]1C[C@@H](Nc2ncncc2C(=O)c2ccn(Cc3cccc(Cl)c3)n2)[C@H](O)[C@@H]1O. The molecule has 0 unspecified atom stereocenters. The fourth-order valence-corrected chi connectivity index (χ4v) is 4.67. The molecule has 14 heteroatoms. The largest absolute Gasteiger partial charge is 0.390 e. The standard InChI is InChI=1S/C21H24ClN7O5S/c22-14-3-1-2-12(6-14)10-29-5-4-16(28-29)19(31)15-9-24-11-25-21(15)27-17-7-13(18(30)20(17)32)8-26-35(23,33)34/h1-6,9,11,13,17-18,20,26,30,32H,7-8,10H2,(H2,23,33,34)(H,24,25,27)/t13-,17-,18-,20+/m1/s1. The Labute approximate surface area is 206 Å². The second kappa shape index (κ2) is 10.4. The van der Waals surface area contributed by atoms with Gasteiger partial charge in [0.25, 0.3) is 10.2 Å². The highest BCUT2D eigenvalue weighted by atomic mass is 35.5. The Hall–Kier alpha value is -2.94. The Kier molecular flexibility index (Phi) is 7.44. The van der Waals surface area contributed by atoms with Crippen molar-refractivity contribution in [3.05, 3.63) is 70.9 Å². The predicted molar refractivity (Wildman–Crippen MR) is 127 cm³/mol. The van der Waals surface area contributed by atoms with Crippen LogP contribution in [-0.4, -0.2) is 69.0 Å². The predicted octanol–water partition coefficient (Wildman–Crippen LogP) is -0.0789. The maximum Gasteiger partial charge on any atom is 0.274 e. The van der Waals surface area contributed by atoms with Crippen molar-refractivity contribution in [1.82, 2.24) is 24.5 Å². The molecule has 2 heterocycles. The number of carbonyl (C=O) groups is 1. The van der Waals surface area contributed by atoms with Crippen molar-refractivity contribution >= 4 is 33.4 Å². The molecule has 35 heavy (non-hydrogen) atoms. The number of hydrogen-bond donors (Lipinski definition) is 5. The van der Waals surface area contributed by atoms with Crippen LogP contribution in [0.1, 0.15) is 28.0 Å². The number of aliphatic hydroxyl groups is 2. The molecule has 0 bridgehead atoms. The zero-order valence-corrected chi connectivity index (χ0v) is 19.9. The number of rotatable bonds is 9. The highest BCUT2D eigenvalue weighted by Gasteiger charge is 2.42. The summed E-state index contributed by atoms with van der Waals surface area (Å²) in [5, 5.41) is 33.6.